The third-order valence-electron chi connectivity index (χ3n) is 5.37. The zero-order valence-corrected chi connectivity index (χ0v) is 21.3. The van der Waals surface area contributed by atoms with Crippen LogP contribution in [0.3, 0.4) is 0 Å². The van der Waals surface area contributed by atoms with Gasteiger partial charge in [0.05, 0.1) is 12.2 Å². The quantitative estimate of drug-likeness (QED) is 0.174. The molecule has 0 amide bonds. The lowest BCUT2D eigenvalue weighted by Crippen LogP contribution is -2.60. The Hall–Kier alpha value is -0.990. The second-order valence-electron chi connectivity index (χ2n) is 8.07. The average molecular weight is 515 g/mol. The predicted octanol–water partition coefficient (Wildman–Crippen LogP) is 5.52. The molecule has 0 N–H and O–H groups in total. The number of halogens is 1. The summed E-state index contributed by atoms with van der Waals surface area (Å²) in [5, 5.41) is -0.521. The first-order valence-corrected chi connectivity index (χ1v) is 12.9. The first-order valence-electron chi connectivity index (χ1n) is 12.0. The van der Waals surface area contributed by atoms with E-state index in [1.54, 1.807) is 12.1 Å². The molecule has 1 heterocycles. The maximum Gasteiger partial charge on any atom is 0.338 e. The fourth-order valence-electron chi connectivity index (χ4n) is 3.46. The van der Waals surface area contributed by atoms with Crippen molar-refractivity contribution in [3.05, 3.63) is 35.9 Å². The second-order valence-corrected chi connectivity index (χ2v) is 8.97. The largest absolute Gasteiger partial charge is 0.452 e. The van der Waals surface area contributed by atoms with Crippen LogP contribution in [0.2, 0.25) is 0 Å². The summed E-state index contributed by atoms with van der Waals surface area (Å²) in [6.07, 6.45) is 4.18. The van der Waals surface area contributed by atoms with Gasteiger partial charge in [-0.15, -0.1) is 0 Å². The number of alkyl halides is 1. The molecule has 7 heteroatoms. The van der Waals surface area contributed by atoms with Gasteiger partial charge in [0.15, 0.2) is 11.1 Å². The summed E-state index contributed by atoms with van der Waals surface area (Å²) in [5.41, 5.74) is 0.494. The lowest BCUT2D eigenvalue weighted by Gasteiger charge is -2.44. The fraction of sp³-hybridized carbons (Fsp3) is 0.720. The summed E-state index contributed by atoms with van der Waals surface area (Å²) >= 11 is 3.59. The number of esters is 1. The maximum absolute atomic E-state index is 12.8. The molecule has 32 heavy (non-hydrogen) atoms. The van der Waals surface area contributed by atoms with E-state index in [1.807, 2.05) is 18.2 Å². The van der Waals surface area contributed by atoms with Crippen molar-refractivity contribution in [2.24, 2.45) is 0 Å². The van der Waals surface area contributed by atoms with Crippen LogP contribution in [0.5, 0.6) is 0 Å². The number of carbonyl (C=O) groups is 1. The van der Waals surface area contributed by atoms with E-state index in [4.69, 9.17) is 23.7 Å². The molecular formula is C25H39BrO6. The molecule has 1 saturated heterocycles. The summed E-state index contributed by atoms with van der Waals surface area (Å²) in [7, 11) is 0. The molecule has 182 valence electrons. The van der Waals surface area contributed by atoms with Crippen LogP contribution in [0.15, 0.2) is 30.3 Å². The van der Waals surface area contributed by atoms with Crippen molar-refractivity contribution < 1.29 is 28.5 Å². The lowest BCUT2D eigenvalue weighted by molar-refractivity contribution is -0.235. The van der Waals surface area contributed by atoms with Crippen LogP contribution in [-0.4, -0.2) is 61.8 Å². The van der Waals surface area contributed by atoms with Gasteiger partial charge < -0.3 is 23.7 Å². The number of carbonyl (C=O) groups excluding carboxylic acids is 1. The first-order chi connectivity index (χ1) is 15.6. The molecule has 2 rings (SSSR count). The zero-order valence-electron chi connectivity index (χ0n) is 19.7. The summed E-state index contributed by atoms with van der Waals surface area (Å²) in [6, 6.07) is 8.97. The van der Waals surface area contributed by atoms with Crippen LogP contribution in [0, 0.1) is 0 Å². The zero-order chi connectivity index (χ0) is 23.2. The summed E-state index contributed by atoms with van der Waals surface area (Å²) in [6.45, 7) is 8.63. The first kappa shape index (κ1) is 27.3. The average Bonchev–Trinajstić information content (AvgIpc) is 2.81. The fourth-order valence-corrected chi connectivity index (χ4v) is 4.14. The maximum atomic E-state index is 12.8. The van der Waals surface area contributed by atoms with Crippen molar-refractivity contribution in [2.75, 3.05) is 26.4 Å². The van der Waals surface area contributed by atoms with Gasteiger partial charge in [-0.3, -0.25) is 0 Å². The minimum Gasteiger partial charge on any atom is -0.452 e. The molecular weight excluding hydrogens is 476 g/mol. The highest BCUT2D eigenvalue weighted by molar-refractivity contribution is 9.09. The Morgan fingerprint density at radius 3 is 2.09 bits per heavy atom. The molecule has 0 saturated carbocycles. The van der Waals surface area contributed by atoms with Crippen LogP contribution in [0.1, 0.15) is 69.7 Å². The highest BCUT2D eigenvalue weighted by Crippen LogP contribution is 2.32. The van der Waals surface area contributed by atoms with Gasteiger partial charge in [-0.1, -0.05) is 74.2 Å². The van der Waals surface area contributed by atoms with Gasteiger partial charge in [0, 0.05) is 19.8 Å². The van der Waals surface area contributed by atoms with Crippen LogP contribution in [-0.2, 0) is 23.7 Å². The molecule has 1 aromatic rings. The monoisotopic (exact) mass is 514 g/mol. The van der Waals surface area contributed by atoms with E-state index in [2.05, 4.69) is 36.7 Å². The third-order valence-corrected chi connectivity index (χ3v) is 6.11. The Balaban J connectivity index is 2.18. The number of benzene rings is 1. The van der Waals surface area contributed by atoms with Crippen molar-refractivity contribution in [3.8, 4) is 0 Å². The van der Waals surface area contributed by atoms with E-state index in [0.717, 1.165) is 38.5 Å². The van der Waals surface area contributed by atoms with Gasteiger partial charge in [-0.05, 0) is 31.4 Å². The van der Waals surface area contributed by atoms with Gasteiger partial charge in [0.2, 0.25) is 0 Å². The van der Waals surface area contributed by atoms with Crippen LogP contribution >= 0.6 is 15.9 Å². The molecule has 1 fully saturated rings. The van der Waals surface area contributed by atoms with E-state index in [1.165, 1.54) is 0 Å². The van der Waals surface area contributed by atoms with Crippen LogP contribution < -0.4 is 0 Å². The predicted molar refractivity (Wildman–Crippen MR) is 128 cm³/mol. The van der Waals surface area contributed by atoms with Crippen molar-refractivity contribution in [1.82, 2.24) is 0 Å². The van der Waals surface area contributed by atoms with Crippen LogP contribution in [0.25, 0.3) is 0 Å². The standard InChI is InChI=1S/C25H39BrO6/c1-4-7-15-28-18-20-21(29-16-8-5-2)22(30-17-9-6-3)23(24(26)31-20)32-25(27)19-13-11-10-12-14-19/h10-14,20-24H,4-9,15-18H2,1-3H3. The summed E-state index contributed by atoms with van der Waals surface area (Å²) in [5.74, 6) is -0.405. The normalized spacial score (nSPS) is 25.6. The minimum absolute atomic E-state index is 0.314. The number of ether oxygens (including phenoxy) is 5. The molecule has 5 atom stereocenters. The molecule has 0 bridgehead atoms. The van der Waals surface area contributed by atoms with Crippen molar-refractivity contribution >= 4 is 21.9 Å². The van der Waals surface area contributed by atoms with Gasteiger partial charge in [-0.2, -0.15) is 0 Å². The molecule has 0 aromatic heterocycles. The molecule has 1 aliphatic rings. The lowest BCUT2D eigenvalue weighted by atomic mass is 9.99. The van der Waals surface area contributed by atoms with Crippen molar-refractivity contribution in [2.45, 2.75) is 88.7 Å². The number of hydrogen-bond donors (Lipinski definition) is 0. The van der Waals surface area contributed by atoms with Gasteiger partial charge in [0.25, 0.3) is 0 Å². The Labute approximate surface area is 201 Å². The number of hydrogen-bond acceptors (Lipinski definition) is 6. The number of unbranched alkanes of at least 4 members (excludes halogenated alkanes) is 3. The second kappa shape index (κ2) is 15.8. The van der Waals surface area contributed by atoms with E-state index >= 15 is 0 Å². The summed E-state index contributed by atoms with van der Waals surface area (Å²) < 4.78 is 30.5. The molecule has 1 aliphatic heterocycles. The van der Waals surface area contributed by atoms with E-state index in [-0.39, 0.29) is 12.2 Å². The molecule has 0 aliphatic carbocycles. The van der Waals surface area contributed by atoms with E-state index in [0.29, 0.717) is 32.0 Å². The molecule has 0 spiro atoms. The van der Waals surface area contributed by atoms with Crippen LogP contribution in [0.4, 0.5) is 0 Å². The highest BCUT2D eigenvalue weighted by atomic mass is 79.9. The van der Waals surface area contributed by atoms with Gasteiger partial charge in [-0.25, -0.2) is 4.79 Å². The minimum atomic E-state index is -0.641. The van der Waals surface area contributed by atoms with E-state index < -0.39 is 23.2 Å². The van der Waals surface area contributed by atoms with Crippen molar-refractivity contribution in [1.29, 1.82) is 0 Å². The molecule has 6 nitrogen and oxygen atoms in total. The Kier molecular flexibility index (Phi) is 13.4. The Morgan fingerprint density at radius 2 is 1.47 bits per heavy atom. The molecule has 5 unspecified atom stereocenters. The third kappa shape index (κ3) is 8.75. The van der Waals surface area contributed by atoms with E-state index in [9.17, 15) is 4.79 Å². The topological polar surface area (TPSA) is 63.2 Å². The van der Waals surface area contributed by atoms with Gasteiger partial charge >= 0.3 is 5.97 Å². The molecule has 1 aromatic carbocycles. The Bertz CT molecular complexity index is 628. The summed E-state index contributed by atoms with van der Waals surface area (Å²) in [4.78, 5) is 12.8. The highest BCUT2D eigenvalue weighted by Gasteiger charge is 2.48. The molecule has 0 radical (unpaired) electrons. The number of rotatable bonds is 15. The van der Waals surface area contributed by atoms with Gasteiger partial charge in [0.1, 0.15) is 18.3 Å². The smallest absolute Gasteiger partial charge is 0.338 e. The Morgan fingerprint density at radius 1 is 0.875 bits per heavy atom. The SMILES string of the molecule is CCCCOCC1OC(Br)C(OC(=O)c2ccccc2)C(OCCCC)C1OCCCC. The van der Waals surface area contributed by atoms with Crippen molar-refractivity contribution in [3.63, 3.8) is 0 Å².